The normalized spacial score (nSPS) is 11.2. The van der Waals surface area contributed by atoms with Crippen LogP contribution in [0.25, 0.3) is 0 Å². The number of aliphatic imine (C=N–C) groups is 1. The second-order valence-electron chi connectivity index (χ2n) is 5.94. The molecule has 0 aliphatic carbocycles. The fraction of sp³-hybridized carbons (Fsp3) is 0.421. The molecule has 0 atom stereocenters. The highest BCUT2D eigenvalue weighted by atomic mass is 16.1. The maximum absolute atomic E-state index is 11.0. The van der Waals surface area contributed by atoms with E-state index in [-0.39, 0.29) is 5.91 Å². The number of hydrogen-bond acceptors (Lipinski definition) is 3. The summed E-state index contributed by atoms with van der Waals surface area (Å²) in [5.41, 5.74) is 2.03. The lowest BCUT2D eigenvalue weighted by molar-refractivity contribution is -0.114. The van der Waals surface area contributed by atoms with Crippen LogP contribution in [0.3, 0.4) is 0 Å². The largest absolute Gasteiger partial charge is 0.357 e. The maximum atomic E-state index is 11.0. The lowest BCUT2D eigenvalue weighted by Gasteiger charge is -2.11. The fourth-order valence-electron chi connectivity index (χ4n) is 2.48. The van der Waals surface area contributed by atoms with Crippen molar-refractivity contribution in [3.63, 3.8) is 0 Å². The Morgan fingerprint density at radius 1 is 1.23 bits per heavy atom. The molecule has 7 nitrogen and oxygen atoms in total. The Labute approximate surface area is 154 Å². The van der Waals surface area contributed by atoms with Gasteiger partial charge in [-0.05, 0) is 43.5 Å². The number of carbonyl (C=O) groups excluding carboxylic acids is 1. The van der Waals surface area contributed by atoms with E-state index < -0.39 is 0 Å². The number of hydrogen-bond donors (Lipinski definition) is 3. The summed E-state index contributed by atoms with van der Waals surface area (Å²) in [5.74, 6) is 0.779. The van der Waals surface area contributed by atoms with Crippen molar-refractivity contribution >= 4 is 17.6 Å². The fourth-order valence-corrected chi connectivity index (χ4v) is 2.48. The molecule has 0 unspecified atom stereocenters. The van der Waals surface area contributed by atoms with Crippen molar-refractivity contribution in [2.75, 3.05) is 25.0 Å². The number of nitrogens with zero attached hydrogens (tertiary/aromatic N) is 3. The summed E-state index contributed by atoms with van der Waals surface area (Å²) in [7, 11) is 0. The Balaban J connectivity index is 1.72. The van der Waals surface area contributed by atoms with Gasteiger partial charge in [-0.1, -0.05) is 12.1 Å². The van der Waals surface area contributed by atoms with E-state index >= 15 is 0 Å². The van der Waals surface area contributed by atoms with Gasteiger partial charge in [0.2, 0.25) is 5.91 Å². The SMILES string of the molecule is CCNC(=NCCCn1cccn1)NCCc1ccc(NC(C)=O)cc1. The monoisotopic (exact) mass is 356 g/mol. The van der Waals surface area contributed by atoms with Gasteiger partial charge in [0.05, 0.1) is 0 Å². The van der Waals surface area contributed by atoms with Gasteiger partial charge in [0.1, 0.15) is 0 Å². The highest BCUT2D eigenvalue weighted by molar-refractivity contribution is 5.88. The second kappa shape index (κ2) is 10.9. The van der Waals surface area contributed by atoms with Crippen LogP contribution in [-0.2, 0) is 17.8 Å². The zero-order valence-electron chi connectivity index (χ0n) is 15.5. The molecule has 1 aromatic carbocycles. The van der Waals surface area contributed by atoms with E-state index in [1.54, 1.807) is 6.20 Å². The van der Waals surface area contributed by atoms with Gasteiger partial charge in [-0.25, -0.2) is 0 Å². The van der Waals surface area contributed by atoms with Crippen molar-refractivity contribution in [3.05, 3.63) is 48.3 Å². The summed E-state index contributed by atoms with van der Waals surface area (Å²) in [6, 6.07) is 9.83. The Kier molecular flexibility index (Phi) is 8.18. The Hall–Kier alpha value is -2.83. The van der Waals surface area contributed by atoms with Gasteiger partial charge in [0.15, 0.2) is 5.96 Å². The zero-order chi connectivity index (χ0) is 18.6. The van der Waals surface area contributed by atoms with E-state index in [0.29, 0.717) is 0 Å². The molecule has 26 heavy (non-hydrogen) atoms. The number of aryl methyl sites for hydroxylation is 1. The van der Waals surface area contributed by atoms with Crippen LogP contribution >= 0.6 is 0 Å². The average Bonchev–Trinajstić information content (AvgIpc) is 3.13. The van der Waals surface area contributed by atoms with Gasteiger partial charge in [0, 0.05) is 51.2 Å². The third kappa shape index (κ3) is 7.38. The molecule has 0 fully saturated rings. The van der Waals surface area contributed by atoms with Gasteiger partial charge in [0.25, 0.3) is 0 Å². The summed E-state index contributed by atoms with van der Waals surface area (Å²) in [6.45, 7) is 6.81. The predicted molar refractivity (Wildman–Crippen MR) is 105 cm³/mol. The maximum Gasteiger partial charge on any atom is 0.221 e. The van der Waals surface area contributed by atoms with E-state index in [2.05, 4.69) is 33.0 Å². The van der Waals surface area contributed by atoms with Crippen LogP contribution in [0.4, 0.5) is 5.69 Å². The molecule has 2 rings (SSSR count). The lowest BCUT2D eigenvalue weighted by Crippen LogP contribution is -2.38. The highest BCUT2D eigenvalue weighted by Crippen LogP contribution is 2.09. The molecule has 0 radical (unpaired) electrons. The van der Waals surface area contributed by atoms with Crippen LogP contribution < -0.4 is 16.0 Å². The first-order valence-electron chi connectivity index (χ1n) is 9.03. The average molecular weight is 356 g/mol. The number of anilines is 1. The molecule has 0 bridgehead atoms. The number of rotatable bonds is 9. The van der Waals surface area contributed by atoms with Crippen LogP contribution in [0.2, 0.25) is 0 Å². The van der Waals surface area contributed by atoms with E-state index in [4.69, 9.17) is 0 Å². The molecule has 0 aliphatic rings. The topological polar surface area (TPSA) is 83.3 Å². The van der Waals surface area contributed by atoms with Crippen LogP contribution in [0.1, 0.15) is 25.8 Å². The molecule has 0 saturated heterocycles. The molecule has 0 saturated carbocycles. The van der Waals surface area contributed by atoms with Crippen molar-refractivity contribution in [2.45, 2.75) is 33.2 Å². The van der Waals surface area contributed by atoms with Gasteiger partial charge < -0.3 is 16.0 Å². The number of benzene rings is 1. The number of carbonyl (C=O) groups is 1. The molecule has 1 amide bonds. The molecular weight excluding hydrogens is 328 g/mol. The van der Waals surface area contributed by atoms with E-state index in [1.807, 2.05) is 41.2 Å². The summed E-state index contributed by atoms with van der Waals surface area (Å²) in [5, 5.41) is 13.6. The van der Waals surface area contributed by atoms with Crippen LogP contribution in [0, 0.1) is 0 Å². The first-order chi connectivity index (χ1) is 12.7. The van der Waals surface area contributed by atoms with Crippen LogP contribution in [0.5, 0.6) is 0 Å². The number of guanidine groups is 1. The summed E-state index contributed by atoms with van der Waals surface area (Å²) in [6.07, 6.45) is 5.59. The molecule has 1 heterocycles. The van der Waals surface area contributed by atoms with E-state index in [9.17, 15) is 4.79 Å². The Bertz CT molecular complexity index is 679. The van der Waals surface area contributed by atoms with Gasteiger partial charge >= 0.3 is 0 Å². The summed E-state index contributed by atoms with van der Waals surface area (Å²) < 4.78 is 1.92. The summed E-state index contributed by atoms with van der Waals surface area (Å²) in [4.78, 5) is 15.6. The first kappa shape index (κ1) is 19.5. The smallest absolute Gasteiger partial charge is 0.221 e. The molecule has 7 heteroatoms. The Morgan fingerprint density at radius 2 is 2.04 bits per heavy atom. The number of aromatic nitrogens is 2. The zero-order valence-corrected chi connectivity index (χ0v) is 15.5. The van der Waals surface area contributed by atoms with Crippen LogP contribution in [-0.4, -0.2) is 41.3 Å². The molecular formula is C19H28N6O. The Morgan fingerprint density at radius 3 is 2.69 bits per heavy atom. The molecule has 2 aromatic rings. The molecule has 3 N–H and O–H groups in total. The van der Waals surface area contributed by atoms with Crippen molar-refractivity contribution in [3.8, 4) is 0 Å². The molecule has 1 aromatic heterocycles. The van der Waals surface area contributed by atoms with Crippen molar-refractivity contribution in [2.24, 2.45) is 4.99 Å². The van der Waals surface area contributed by atoms with Gasteiger partial charge in [-0.3, -0.25) is 14.5 Å². The minimum Gasteiger partial charge on any atom is -0.357 e. The molecule has 0 spiro atoms. The highest BCUT2D eigenvalue weighted by Gasteiger charge is 2.00. The number of nitrogens with one attached hydrogen (secondary N) is 3. The van der Waals surface area contributed by atoms with Gasteiger partial charge in [-0.2, -0.15) is 5.10 Å². The number of amides is 1. The van der Waals surface area contributed by atoms with Crippen molar-refractivity contribution in [1.82, 2.24) is 20.4 Å². The predicted octanol–water partition coefficient (Wildman–Crippen LogP) is 2.03. The lowest BCUT2D eigenvalue weighted by atomic mass is 10.1. The van der Waals surface area contributed by atoms with Crippen molar-refractivity contribution in [1.29, 1.82) is 0 Å². The first-order valence-corrected chi connectivity index (χ1v) is 9.03. The van der Waals surface area contributed by atoms with E-state index in [1.165, 1.54) is 12.5 Å². The molecule has 140 valence electrons. The molecule has 0 aliphatic heterocycles. The minimum absolute atomic E-state index is 0.0570. The minimum atomic E-state index is -0.0570. The third-order valence-electron chi connectivity index (χ3n) is 3.70. The van der Waals surface area contributed by atoms with Crippen LogP contribution in [0.15, 0.2) is 47.7 Å². The third-order valence-corrected chi connectivity index (χ3v) is 3.70. The standard InChI is InChI=1S/C19H28N6O/c1-3-20-19(21-11-4-14-25-15-5-12-23-25)22-13-10-17-6-8-18(9-7-17)24-16(2)26/h5-9,12,15H,3-4,10-11,13-14H2,1-2H3,(H,24,26)(H2,20,21,22). The van der Waals surface area contributed by atoms with Crippen molar-refractivity contribution < 1.29 is 4.79 Å². The quantitative estimate of drug-likeness (QED) is 0.365. The second-order valence-corrected chi connectivity index (χ2v) is 5.94. The summed E-state index contributed by atoms with van der Waals surface area (Å²) >= 11 is 0. The van der Waals surface area contributed by atoms with Gasteiger partial charge in [-0.15, -0.1) is 0 Å². The van der Waals surface area contributed by atoms with E-state index in [0.717, 1.165) is 50.7 Å².